The number of hydrazone groups is 1. The molecule has 0 saturated carbocycles. The first-order valence-electron chi connectivity index (χ1n) is 7.29. The van der Waals surface area contributed by atoms with E-state index in [1.807, 2.05) is 29.6 Å². The van der Waals surface area contributed by atoms with Crippen molar-refractivity contribution in [3.05, 3.63) is 69.6 Å². The number of ether oxygens (including phenoxy) is 1. The number of methoxy groups -OCH3 is 1. The molecule has 3 rings (SSSR count). The highest BCUT2D eigenvalue weighted by molar-refractivity contribution is 7.14. The van der Waals surface area contributed by atoms with E-state index < -0.39 is 4.92 Å². The molecular formula is C17H14N4O3S. The number of hydrogen-bond acceptors (Lipinski definition) is 7. The summed E-state index contributed by atoms with van der Waals surface area (Å²) in [6, 6.07) is 13.8. The number of nitro benzene ring substituents is 1. The fourth-order valence-corrected chi connectivity index (χ4v) is 2.75. The Hall–Kier alpha value is -3.26. The fourth-order valence-electron chi connectivity index (χ4n) is 2.08. The quantitative estimate of drug-likeness (QED) is 0.407. The van der Waals surface area contributed by atoms with E-state index in [4.69, 9.17) is 4.74 Å². The van der Waals surface area contributed by atoms with Crippen LogP contribution < -0.4 is 10.2 Å². The Bertz CT molecular complexity index is 906. The normalized spacial score (nSPS) is 10.8. The number of nitro groups is 1. The second-order valence-corrected chi connectivity index (χ2v) is 5.85. The molecule has 0 amide bonds. The molecule has 25 heavy (non-hydrogen) atoms. The Kier molecular flexibility index (Phi) is 5.00. The smallest absolute Gasteiger partial charge is 0.269 e. The SMILES string of the molecule is COc1cccc(-c2csc(N/N=C\c3ccc([N+](=O)[O-])cc3)n2)c1. The van der Waals surface area contributed by atoms with Gasteiger partial charge in [0.05, 0.1) is 23.9 Å². The Balaban J connectivity index is 1.66. The van der Waals surface area contributed by atoms with Gasteiger partial charge in [0.25, 0.3) is 5.69 Å². The molecule has 0 bridgehead atoms. The van der Waals surface area contributed by atoms with Gasteiger partial charge >= 0.3 is 0 Å². The Labute approximate surface area is 147 Å². The monoisotopic (exact) mass is 354 g/mol. The topological polar surface area (TPSA) is 89.6 Å². The molecular weight excluding hydrogens is 340 g/mol. The van der Waals surface area contributed by atoms with Gasteiger partial charge in [0.2, 0.25) is 5.13 Å². The first-order valence-corrected chi connectivity index (χ1v) is 8.17. The minimum Gasteiger partial charge on any atom is -0.497 e. The van der Waals surface area contributed by atoms with E-state index in [-0.39, 0.29) is 5.69 Å². The van der Waals surface area contributed by atoms with Gasteiger partial charge < -0.3 is 4.74 Å². The average Bonchev–Trinajstić information content (AvgIpc) is 3.11. The fraction of sp³-hybridized carbons (Fsp3) is 0.0588. The first-order chi connectivity index (χ1) is 12.2. The van der Waals surface area contributed by atoms with Crippen LogP contribution in [0.1, 0.15) is 5.56 Å². The number of hydrogen-bond donors (Lipinski definition) is 1. The molecule has 1 aromatic heterocycles. The number of thiazole rings is 1. The van der Waals surface area contributed by atoms with E-state index in [9.17, 15) is 10.1 Å². The molecule has 0 spiro atoms. The molecule has 0 unspecified atom stereocenters. The summed E-state index contributed by atoms with van der Waals surface area (Å²) >= 11 is 1.43. The van der Waals surface area contributed by atoms with Gasteiger partial charge in [-0.25, -0.2) is 4.98 Å². The van der Waals surface area contributed by atoms with Crippen molar-refractivity contribution in [2.75, 3.05) is 12.5 Å². The van der Waals surface area contributed by atoms with Crippen LogP contribution in [-0.4, -0.2) is 23.2 Å². The third-order valence-corrected chi connectivity index (χ3v) is 4.09. The van der Waals surface area contributed by atoms with Gasteiger partial charge in [0.1, 0.15) is 5.75 Å². The molecule has 0 atom stereocenters. The molecule has 126 valence electrons. The van der Waals surface area contributed by atoms with Gasteiger partial charge in [0, 0.05) is 23.1 Å². The molecule has 0 aliphatic carbocycles. The lowest BCUT2D eigenvalue weighted by Gasteiger charge is -2.01. The molecule has 3 aromatic rings. The van der Waals surface area contributed by atoms with Crippen molar-refractivity contribution in [2.45, 2.75) is 0 Å². The van der Waals surface area contributed by atoms with E-state index >= 15 is 0 Å². The van der Waals surface area contributed by atoms with Gasteiger partial charge in [-0.05, 0) is 29.8 Å². The van der Waals surface area contributed by atoms with Gasteiger partial charge in [-0.3, -0.25) is 15.5 Å². The van der Waals surface area contributed by atoms with Crippen molar-refractivity contribution in [1.82, 2.24) is 4.98 Å². The summed E-state index contributed by atoms with van der Waals surface area (Å²) in [6.07, 6.45) is 1.58. The molecule has 1 heterocycles. The molecule has 8 heteroatoms. The number of nitrogens with one attached hydrogen (secondary N) is 1. The number of benzene rings is 2. The number of rotatable bonds is 6. The predicted octanol–water partition coefficient (Wildman–Crippen LogP) is 4.17. The van der Waals surface area contributed by atoms with Crippen molar-refractivity contribution in [3.63, 3.8) is 0 Å². The molecule has 0 radical (unpaired) electrons. The maximum Gasteiger partial charge on any atom is 0.269 e. The predicted molar refractivity (Wildman–Crippen MR) is 98.4 cm³/mol. The lowest BCUT2D eigenvalue weighted by atomic mass is 10.2. The van der Waals surface area contributed by atoms with Crippen LogP contribution in [0.25, 0.3) is 11.3 Å². The third kappa shape index (κ3) is 4.18. The van der Waals surface area contributed by atoms with Crippen molar-refractivity contribution < 1.29 is 9.66 Å². The number of nitrogens with zero attached hydrogens (tertiary/aromatic N) is 3. The number of non-ortho nitro benzene ring substituents is 1. The van der Waals surface area contributed by atoms with Crippen molar-refractivity contribution in [1.29, 1.82) is 0 Å². The van der Waals surface area contributed by atoms with E-state index in [2.05, 4.69) is 15.5 Å². The molecule has 0 saturated heterocycles. The highest BCUT2D eigenvalue weighted by Gasteiger charge is 2.05. The molecule has 0 aliphatic heterocycles. The molecule has 0 fully saturated rings. The minimum atomic E-state index is -0.436. The van der Waals surface area contributed by atoms with E-state index in [1.54, 1.807) is 25.5 Å². The summed E-state index contributed by atoms with van der Waals surface area (Å²) in [5, 5.41) is 17.3. The molecule has 0 aliphatic rings. The maximum atomic E-state index is 10.6. The zero-order chi connectivity index (χ0) is 17.6. The van der Waals surface area contributed by atoms with Crippen molar-refractivity contribution in [3.8, 4) is 17.0 Å². The van der Waals surface area contributed by atoms with Gasteiger partial charge in [-0.1, -0.05) is 12.1 Å². The van der Waals surface area contributed by atoms with Crippen LogP contribution in [0.5, 0.6) is 5.75 Å². The zero-order valence-corrected chi connectivity index (χ0v) is 14.1. The molecule has 1 N–H and O–H groups in total. The average molecular weight is 354 g/mol. The van der Waals surface area contributed by atoms with E-state index in [1.165, 1.54) is 23.5 Å². The lowest BCUT2D eigenvalue weighted by Crippen LogP contribution is -1.91. The zero-order valence-electron chi connectivity index (χ0n) is 13.2. The Morgan fingerprint density at radius 3 is 2.80 bits per heavy atom. The highest BCUT2D eigenvalue weighted by Crippen LogP contribution is 2.27. The largest absolute Gasteiger partial charge is 0.497 e. The number of aromatic nitrogens is 1. The van der Waals surface area contributed by atoms with Crippen LogP contribution in [0, 0.1) is 10.1 Å². The van der Waals surface area contributed by atoms with Crippen molar-refractivity contribution >= 4 is 28.4 Å². The van der Waals surface area contributed by atoms with Gasteiger partial charge in [0.15, 0.2) is 0 Å². The summed E-state index contributed by atoms with van der Waals surface area (Å²) in [6.45, 7) is 0. The number of anilines is 1. The second kappa shape index (κ2) is 7.54. The van der Waals surface area contributed by atoms with Crippen LogP contribution in [0.2, 0.25) is 0 Å². The van der Waals surface area contributed by atoms with E-state index in [0.29, 0.717) is 5.13 Å². The van der Waals surface area contributed by atoms with Crippen LogP contribution in [0.4, 0.5) is 10.8 Å². The van der Waals surface area contributed by atoms with Crippen LogP contribution in [0.15, 0.2) is 59.0 Å². The summed E-state index contributed by atoms with van der Waals surface area (Å²) < 4.78 is 5.21. The maximum absolute atomic E-state index is 10.6. The standard InChI is InChI=1S/C17H14N4O3S/c1-24-15-4-2-3-13(9-15)16-11-25-17(19-16)20-18-10-12-5-7-14(8-6-12)21(22)23/h2-11H,1H3,(H,19,20)/b18-10-. The summed E-state index contributed by atoms with van der Waals surface area (Å²) in [5.41, 5.74) is 5.45. The molecule has 7 nitrogen and oxygen atoms in total. The first kappa shape index (κ1) is 16.6. The van der Waals surface area contributed by atoms with Crippen LogP contribution in [0.3, 0.4) is 0 Å². The Morgan fingerprint density at radius 1 is 1.28 bits per heavy atom. The highest BCUT2D eigenvalue weighted by atomic mass is 32.1. The van der Waals surface area contributed by atoms with Crippen LogP contribution >= 0.6 is 11.3 Å². The van der Waals surface area contributed by atoms with Crippen molar-refractivity contribution in [2.24, 2.45) is 5.10 Å². The summed E-state index contributed by atoms with van der Waals surface area (Å²) in [4.78, 5) is 14.7. The van der Waals surface area contributed by atoms with Crippen LogP contribution in [-0.2, 0) is 0 Å². The summed E-state index contributed by atoms with van der Waals surface area (Å²) in [7, 11) is 1.63. The lowest BCUT2D eigenvalue weighted by molar-refractivity contribution is -0.384. The third-order valence-electron chi connectivity index (χ3n) is 3.35. The Morgan fingerprint density at radius 2 is 2.08 bits per heavy atom. The van der Waals surface area contributed by atoms with Gasteiger partial charge in [-0.15, -0.1) is 11.3 Å². The van der Waals surface area contributed by atoms with E-state index in [0.717, 1.165) is 22.6 Å². The second-order valence-electron chi connectivity index (χ2n) is 4.99. The minimum absolute atomic E-state index is 0.0490. The molecule has 2 aromatic carbocycles. The van der Waals surface area contributed by atoms with Gasteiger partial charge in [-0.2, -0.15) is 5.10 Å². The summed E-state index contributed by atoms with van der Waals surface area (Å²) in [5.74, 6) is 0.774.